The van der Waals surface area contributed by atoms with Gasteiger partial charge in [-0.3, -0.25) is 4.79 Å². The number of hydrogen-bond donors (Lipinski definition) is 2. The Balaban J connectivity index is 1.65. The van der Waals surface area contributed by atoms with Gasteiger partial charge in [0.1, 0.15) is 0 Å². The first kappa shape index (κ1) is 13.8. The second kappa shape index (κ2) is 6.55. The molecule has 1 saturated heterocycles. The maximum absolute atomic E-state index is 12.1. The monoisotopic (exact) mass is 280 g/mol. The molecule has 1 atom stereocenters. The normalized spacial score (nSPS) is 18.2. The van der Waals surface area contributed by atoms with Gasteiger partial charge in [0.2, 0.25) is 5.91 Å². The molecule has 0 unspecified atom stereocenters. The Hall–Kier alpha value is -2.13. The van der Waals surface area contributed by atoms with E-state index in [4.69, 9.17) is 0 Å². The van der Waals surface area contributed by atoms with Gasteiger partial charge in [0.15, 0.2) is 0 Å². The van der Waals surface area contributed by atoms with E-state index in [9.17, 15) is 4.79 Å². The molecule has 0 bridgehead atoms. The third kappa shape index (κ3) is 3.50. The molecule has 2 aromatic rings. The van der Waals surface area contributed by atoms with Gasteiger partial charge in [-0.25, -0.2) is 0 Å². The van der Waals surface area contributed by atoms with Gasteiger partial charge in [0, 0.05) is 5.69 Å². The first-order valence-electron chi connectivity index (χ1n) is 7.53. The molecule has 2 aromatic carbocycles. The summed E-state index contributed by atoms with van der Waals surface area (Å²) in [6, 6.07) is 18.2. The van der Waals surface area contributed by atoms with E-state index in [0.717, 1.165) is 37.1 Å². The van der Waals surface area contributed by atoms with E-state index >= 15 is 0 Å². The van der Waals surface area contributed by atoms with Crippen LogP contribution in [0.15, 0.2) is 54.6 Å². The van der Waals surface area contributed by atoms with E-state index in [1.54, 1.807) is 0 Å². The highest BCUT2D eigenvalue weighted by atomic mass is 16.2. The largest absolute Gasteiger partial charge is 0.325 e. The van der Waals surface area contributed by atoms with E-state index in [0.29, 0.717) is 0 Å². The van der Waals surface area contributed by atoms with Crippen LogP contribution in [-0.2, 0) is 4.79 Å². The molecule has 0 radical (unpaired) electrons. The van der Waals surface area contributed by atoms with Crippen molar-refractivity contribution in [1.29, 1.82) is 0 Å². The van der Waals surface area contributed by atoms with E-state index < -0.39 is 0 Å². The first-order valence-corrected chi connectivity index (χ1v) is 7.53. The van der Waals surface area contributed by atoms with Gasteiger partial charge in [0.05, 0.1) is 6.04 Å². The second-order valence-corrected chi connectivity index (χ2v) is 5.44. The van der Waals surface area contributed by atoms with Crippen LogP contribution in [-0.4, -0.2) is 18.5 Å². The molecule has 3 nitrogen and oxygen atoms in total. The second-order valence-electron chi connectivity index (χ2n) is 5.44. The minimum absolute atomic E-state index is 0.0486. The predicted molar refractivity (Wildman–Crippen MR) is 86.1 cm³/mol. The maximum atomic E-state index is 12.1. The van der Waals surface area contributed by atoms with Crippen LogP contribution in [0.4, 0.5) is 5.69 Å². The average molecular weight is 280 g/mol. The number of rotatable bonds is 3. The summed E-state index contributed by atoms with van der Waals surface area (Å²) in [5.41, 5.74) is 3.20. The van der Waals surface area contributed by atoms with Crippen molar-refractivity contribution >= 4 is 11.6 Å². The molecule has 2 N–H and O–H groups in total. The fourth-order valence-electron chi connectivity index (χ4n) is 2.68. The van der Waals surface area contributed by atoms with Crippen molar-refractivity contribution in [2.75, 3.05) is 11.9 Å². The molecule has 1 aliphatic heterocycles. The molecule has 1 fully saturated rings. The number of hydrogen-bond acceptors (Lipinski definition) is 2. The summed E-state index contributed by atoms with van der Waals surface area (Å²) in [7, 11) is 0. The Labute approximate surface area is 125 Å². The molecule has 0 saturated carbocycles. The zero-order valence-electron chi connectivity index (χ0n) is 12.0. The number of piperidine rings is 1. The van der Waals surface area contributed by atoms with Crippen LogP contribution in [0.1, 0.15) is 19.3 Å². The highest BCUT2D eigenvalue weighted by Gasteiger charge is 2.20. The van der Waals surface area contributed by atoms with Crippen LogP contribution >= 0.6 is 0 Å². The minimum atomic E-state index is -0.0486. The lowest BCUT2D eigenvalue weighted by atomic mass is 10.0. The predicted octanol–water partition coefficient (Wildman–Crippen LogP) is 3.43. The Morgan fingerprint density at radius 2 is 1.67 bits per heavy atom. The Morgan fingerprint density at radius 1 is 0.952 bits per heavy atom. The zero-order chi connectivity index (χ0) is 14.5. The molecular formula is C18H20N2O. The van der Waals surface area contributed by atoms with E-state index in [1.165, 1.54) is 5.56 Å². The molecule has 3 rings (SSSR count). The number of amides is 1. The van der Waals surface area contributed by atoms with Gasteiger partial charge in [-0.2, -0.15) is 0 Å². The van der Waals surface area contributed by atoms with Gasteiger partial charge < -0.3 is 10.6 Å². The molecule has 3 heteroatoms. The van der Waals surface area contributed by atoms with Gasteiger partial charge in [0.25, 0.3) is 0 Å². The molecule has 0 spiro atoms. The van der Waals surface area contributed by atoms with Crippen LogP contribution in [0.5, 0.6) is 0 Å². The third-order valence-electron chi connectivity index (χ3n) is 3.89. The van der Waals surface area contributed by atoms with Crippen molar-refractivity contribution in [2.24, 2.45) is 0 Å². The number of carbonyl (C=O) groups is 1. The number of benzene rings is 2. The Kier molecular flexibility index (Phi) is 4.31. The fourth-order valence-corrected chi connectivity index (χ4v) is 2.68. The molecule has 21 heavy (non-hydrogen) atoms. The van der Waals surface area contributed by atoms with Crippen molar-refractivity contribution in [1.82, 2.24) is 5.32 Å². The molecular weight excluding hydrogens is 260 g/mol. The smallest absolute Gasteiger partial charge is 0.241 e. The lowest BCUT2D eigenvalue weighted by molar-refractivity contribution is -0.118. The van der Waals surface area contributed by atoms with Gasteiger partial charge >= 0.3 is 0 Å². The van der Waals surface area contributed by atoms with Crippen LogP contribution in [0.25, 0.3) is 11.1 Å². The quantitative estimate of drug-likeness (QED) is 0.904. The highest BCUT2D eigenvalue weighted by Crippen LogP contribution is 2.21. The van der Waals surface area contributed by atoms with Crippen LogP contribution in [0, 0.1) is 0 Å². The Bertz CT molecular complexity index is 586. The lowest BCUT2D eigenvalue weighted by Crippen LogP contribution is -2.43. The SMILES string of the molecule is O=C(Nc1ccc(-c2ccccc2)cc1)[C@H]1CCCCN1. The molecule has 0 aromatic heterocycles. The van der Waals surface area contributed by atoms with Crippen molar-refractivity contribution in [3.05, 3.63) is 54.6 Å². The van der Waals surface area contributed by atoms with Crippen LogP contribution in [0.2, 0.25) is 0 Å². The first-order chi connectivity index (χ1) is 10.3. The Morgan fingerprint density at radius 3 is 2.33 bits per heavy atom. The maximum Gasteiger partial charge on any atom is 0.241 e. The van der Waals surface area contributed by atoms with Crippen molar-refractivity contribution in [3.63, 3.8) is 0 Å². The molecule has 1 heterocycles. The number of carbonyl (C=O) groups excluding carboxylic acids is 1. The van der Waals surface area contributed by atoms with E-state index in [2.05, 4.69) is 22.8 Å². The van der Waals surface area contributed by atoms with E-state index in [1.807, 2.05) is 42.5 Å². The molecule has 1 amide bonds. The van der Waals surface area contributed by atoms with Crippen LogP contribution < -0.4 is 10.6 Å². The lowest BCUT2D eigenvalue weighted by Gasteiger charge is -2.22. The summed E-state index contributed by atoms with van der Waals surface area (Å²) in [6.07, 6.45) is 3.21. The average Bonchev–Trinajstić information content (AvgIpc) is 2.57. The summed E-state index contributed by atoms with van der Waals surface area (Å²) >= 11 is 0. The van der Waals surface area contributed by atoms with Crippen molar-refractivity contribution in [3.8, 4) is 11.1 Å². The van der Waals surface area contributed by atoms with Crippen LogP contribution in [0.3, 0.4) is 0 Å². The summed E-state index contributed by atoms with van der Waals surface area (Å²) < 4.78 is 0. The summed E-state index contributed by atoms with van der Waals surface area (Å²) in [5, 5.41) is 6.25. The molecule has 108 valence electrons. The van der Waals surface area contributed by atoms with Crippen molar-refractivity contribution < 1.29 is 4.79 Å². The van der Waals surface area contributed by atoms with Crippen molar-refractivity contribution in [2.45, 2.75) is 25.3 Å². The van der Waals surface area contributed by atoms with Gasteiger partial charge in [-0.05, 0) is 42.6 Å². The third-order valence-corrected chi connectivity index (χ3v) is 3.89. The number of anilines is 1. The zero-order valence-corrected chi connectivity index (χ0v) is 12.0. The van der Waals surface area contributed by atoms with Gasteiger partial charge in [-0.1, -0.05) is 48.9 Å². The van der Waals surface area contributed by atoms with E-state index in [-0.39, 0.29) is 11.9 Å². The molecule has 0 aliphatic carbocycles. The minimum Gasteiger partial charge on any atom is -0.325 e. The van der Waals surface area contributed by atoms with Gasteiger partial charge in [-0.15, -0.1) is 0 Å². The topological polar surface area (TPSA) is 41.1 Å². The summed E-state index contributed by atoms with van der Waals surface area (Å²) in [5.74, 6) is 0.0714. The fraction of sp³-hybridized carbons (Fsp3) is 0.278. The molecule has 1 aliphatic rings. The highest BCUT2D eigenvalue weighted by molar-refractivity contribution is 5.95. The summed E-state index contributed by atoms with van der Waals surface area (Å²) in [6.45, 7) is 0.936. The number of nitrogens with one attached hydrogen (secondary N) is 2. The standard InChI is InChI=1S/C18H20N2O/c21-18(17-8-4-5-13-19-17)20-16-11-9-15(10-12-16)14-6-2-1-3-7-14/h1-3,6-7,9-12,17,19H,4-5,8,13H2,(H,20,21)/t17-/m1/s1. The summed E-state index contributed by atoms with van der Waals surface area (Å²) in [4.78, 5) is 12.1.